The number of pyridine rings is 1. The highest BCUT2D eigenvalue weighted by molar-refractivity contribution is 14.1. The minimum Gasteiger partial charge on any atom is -0.383 e. The van der Waals surface area contributed by atoms with Gasteiger partial charge < -0.3 is 5.73 Å². The number of anilines is 1. The molecular formula is C7H9IN3+. The van der Waals surface area contributed by atoms with Gasteiger partial charge >= 0.3 is 0 Å². The van der Waals surface area contributed by atoms with E-state index in [4.69, 9.17) is 11.1 Å². The Balaban J connectivity index is 3.40. The molecule has 0 aliphatic carbocycles. The van der Waals surface area contributed by atoms with Gasteiger partial charge in [-0.2, -0.15) is 0 Å². The Kier molecular flexibility index (Phi) is 2.43. The van der Waals surface area contributed by atoms with E-state index in [9.17, 15) is 0 Å². The fraction of sp³-hybridized carbons (Fsp3) is 0.143. The third-order valence-electron chi connectivity index (χ3n) is 1.42. The molecule has 0 aliphatic heterocycles. The number of nitrogens with two attached hydrogens (primary N) is 2. The Morgan fingerprint density at radius 2 is 2.36 bits per heavy atom. The molecule has 1 aromatic heterocycles. The van der Waals surface area contributed by atoms with Crippen molar-refractivity contribution in [1.29, 1.82) is 0 Å². The number of hydrogen-bond donors (Lipinski definition) is 2. The average molecular weight is 262 g/mol. The largest absolute Gasteiger partial charge is 0.383 e. The SMILES string of the molecule is Cc1cnc(N)c(C=[NH2+])c1I. The standard InChI is InChI=1S/C7H8IN3/c1-4-3-11-7(10)5(2-9)6(4)8/h2-3,9H,1H3,(H2,10,11)/p+1. The molecule has 0 fully saturated rings. The molecular weight excluding hydrogens is 253 g/mol. The summed E-state index contributed by atoms with van der Waals surface area (Å²) < 4.78 is 1.07. The highest BCUT2D eigenvalue weighted by Crippen LogP contribution is 2.17. The maximum absolute atomic E-state index is 5.57. The smallest absolute Gasteiger partial charge is 0.172 e. The summed E-state index contributed by atoms with van der Waals surface area (Å²) >= 11 is 2.20. The second-order valence-corrected chi connectivity index (χ2v) is 3.30. The zero-order valence-electron chi connectivity index (χ0n) is 6.13. The first-order chi connectivity index (χ1) is 5.16. The van der Waals surface area contributed by atoms with Crippen molar-refractivity contribution in [2.45, 2.75) is 6.92 Å². The maximum atomic E-state index is 5.57. The molecule has 1 heterocycles. The molecule has 0 saturated heterocycles. The average Bonchev–Trinajstić information content (AvgIpc) is 1.99. The van der Waals surface area contributed by atoms with E-state index in [0.717, 1.165) is 14.7 Å². The van der Waals surface area contributed by atoms with Crippen molar-refractivity contribution < 1.29 is 5.41 Å². The van der Waals surface area contributed by atoms with Gasteiger partial charge in [0, 0.05) is 9.77 Å². The predicted octanol–water partition coefficient (Wildman–Crippen LogP) is -0.245. The second-order valence-electron chi connectivity index (χ2n) is 2.22. The molecule has 3 nitrogen and oxygen atoms in total. The van der Waals surface area contributed by atoms with Crippen molar-refractivity contribution in [3.8, 4) is 0 Å². The van der Waals surface area contributed by atoms with Crippen LogP contribution in [0.1, 0.15) is 11.1 Å². The van der Waals surface area contributed by atoms with Crippen LogP contribution in [-0.2, 0) is 0 Å². The summed E-state index contributed by atoms with van der Waals surface area (Å²) in [6, 6.07) is 0. The zero-order valence-corrected chi connectivity index (χ0v) is 8.29. The van der Waals surface area contributed by atoms with E-state index in [1.165, 1.54) is 6.21 Å². The maximum Gasteiger partial charge on any atom is 0.172 e. The number of nitrogens with zero attached hydrogens (tertiary/aromatic N) is 1. The van der Waals surface area contributed by atoms with Crippen molar-refractivity contribution in [3.05, 3.63) is 20.9 Å². The third-order valence-corrected chi connectivity index (χ3v) is 2.85. The van der Waals surface area contributed by atoms with Crippen LogP contribution in [-0.4, -0.2) is 11.2 Å². The summed E-state index contributed by atoms with van der Waals surface area (Å²) in [5, 5.41) is 5.37. The fourth-order valence-corrected chi connectivity index (χ4v) is 1.37. The normalized spacial score (nSPS) is 9.64. The lowest BCUT2D eigenvalue weighted by Gasteiger charge is -2.01. The van der Waals surface area contributed by atoms with E-state index in [1.807, 2.05) is 6.92 Å². The van der Waals surface area contributed by atoms with Crippen LogP contribution in [0, 0.1) is 10.5 Å². The van der Waals surface area contributed by atoms with Gasteiger partial charge in [-0.1, -0.05) is 0 Å². The Morgan fingerprint density at radius 1 is 1.73 bits per heavy atom. The summed E-state index contributed by atoms with van der Waals surface area (Å²) in [4.78, 5) is 3.97. The van der Waals surface area contributed by atoms with Gasteiger partial charge in [0.25, 0.3) is 0 Å². The van der Waals surface area contributed by atoms with Crippen molar-refractivity contribution in [1.82, 2.24) is 4.98 Å². The van der Waals surface area contributed by atoms with Crippen LogP contribution in [0.2, 0.25) is 0 Å². The molecule has 0 atom stereocenters. The van der Waals surface area contributed by atoms with Crippen LogP contribution in [0.3, 0.4) is 0 Å². The van der Waals surface area contributed by atoms with Crippen molar-refractivity contribution >= 4 is 34.6 Å². The molecule has 0 amide bonds. The summed E-state index contributed by atoms with van der Waals surface area (Å²) in [5.41, 5.74) is 7.49. The van der Waals surface area contributed by atoms with Gasteiger partial charge in [-0.3, -0.25) is 5.41 Å². The lowest BCUT2D eigenvalue weighted by atomic mass is 10.2. The molecule has 58 valence electrons. The van der Waals surface area contributed by atoms with Crippen LogP contribution in [0.15, 0.2) is 6.20 Å². The van der Waals surface area contributed by atoms with Crippen molar-refractivity contribution in [2.24, 2.45) is 0 Å². The number of aromatic nitrogens is 1. The van der Waals surface area contributed by atoms with Gasteiger partial charge in [0.15, 0.2) is 6.21 Å². The fourth-order valence-electron chi connectivity index (χ4n) is 0.776. The molecule has 4 heteroatoms. The van der Waals surface area contributed by atoms with Crippen molar-refractivity contribution in [2.75, 3.05) is 5.73 Å². The van der Waals surface area contributed by atoms with Gasteiger partial charge in [0.05, 0.1) is 5.56 Å². The molecule has 1 rings (SSSR count). The Labute approximate surface area is 78.7 Å². The monoisotopic (exact) mass is 262 g/mol. The quantitative estimate of drug-likeness (QED) is 0.541. The van der Waals surface area contributed by atoms with E-state index >= 15 is 0 Å². The first-order valence-corrected chi connectivity index (χ1v) is 4.20. The number of halogens is 1. The molecule has 0 bridgehead atoms. The number of hydrogen-bond acceptors (Lipinski definition) is 2. The first-order valence-electron chi connectivity index (χ1n) is 3.12. The van der Waals surface area contributed by atoms with Crippen LogP contribution in [0.25, 0.3) is 0 Å². The lowest BCUT2D eigenvalue weighted by Crippen LogP contribution is -2.31. The number of nitrogen functional groups attached to an aromatic ring is 1. The highest BCUT2D eigenvalue weighted by Gasteiger charge is 2.06. The van der Waals surface area contributed by atoms with Crippen LogP contribution >= 0.6 is 22.6 Å². The van der Waals surface area contributed by atoms with Crippen LogP contribution in [0.5, 0.6) is 0 Å². The molecule has 1 aromatic rings. The highest BCUT2D eigenvalue weighted by atomic mass is 127. The van der Waals surface area contributed by atoms with Crippen LogP contribution < -0.4 is 11.1 Å². The van der Waals surface area contributed by atoms with E-state index in [-0.39, 0.29) is 0 Å². The van der Waals surface area contributed by atoms with Gasteiger partial charge in [0.1, 0.15) is 5.82 Å². The third kappa shape index (κ3) is 1.50. The second kappa shape index (κ2) is 3.17. The minimum absolute atomic E-state index is 0.488. The molecule has 0 radical (unpaired) electrons. The van der Waals surface area contributed by atoms with E-state index < -0.39 is 0 Å². The molecule has 0 aromatic carbocycles. The van der Waals surface area contributed by atoms with E-state index in [1.54, 1.807) is 6.20 Å². The molecule has 4 N–H and O–H groups in total. The first kappa shape index (κ1) is 8.45. The van der Waals surface area contributed by atoms with E-state index in [2.05, 4.69) is 27.6 Å². The molecule has 0 spiro atoms. The Bertz CT molecular complexity index is 296. The zero-order chi connectivity index (χ0) is 8.43. The Hall–Kier alpha value is -0.650. The van der Waals surface area contributed by atoms with Crippen LogP contribution in [0.4, 0.5) is 5.82 Å². The molecule has 0 aliphatic rings. The van der Waals surface area contributed by atoms with Gasteiger partial charge in [0.2, 0.25) is 0 Å². The topological polar surface area (TPSA) is 64.5 Å². The van der Waals surface area contributed by atoms with Gasteiger partial charge in [-0.25, -0.2) is 4.98 Å². The van der Waals surface area contributed by atoms with Gasteiger partial charge in [-0.15, -0.1) is 0 Å². The summed E-state index contributed by atoms with van der Waals surface area (Å²) in [6.07, 6.45) is 3.22. The lowest BCUT2D eigenvalue weighted by molar-refractivity contribution is -0.104. The predicted molar refractivity (Wildman–Crippen MR) is 53.2 cm³/mol. The minimum atomic E-state index is 0.488. The number of rotatable bonds is 1. The molecule has 11 heavy (non-hydrogen) atoms. The summed E-state index contributed by atoms with van der Waals surface area (Å²) in [7, 11) is 0. The van der Waals surface area contributed by atoms with Gasteiger partial charge in [-0.05, 0) is 35.1 Å². The Morgan fingerprint density at radius 3 is 2.82 bits per heavy atom. The van der Waals surface area contributed by atoms with E-state index in [0.29, 0.717) is 5.82 Å². The number of aryl methyl sites for hydroxylation is 1. The molecule has 0 unspecified atom stereocenters. The molecule has 0 saturated carbocycles. The van der Waals surface area contributed by atoms with Crippen molar-refractivity contribution in [3.63, 3.8) is 0 Å². The summed E-state index contributed by atoms with van der Waals surface area (Å²) in [6.45, 7) is 1.97. The summed E-state index contributed by atoms with van der Waals surface area (Å²) in [5.74, 6) is 0.488.